The van der Waals surface area contributed by atoms with Gasteiger partial charge in [-0.3, -0.25) is 14.9 Å². The van der Waals surface area contributed by atoms with Crippen LogP contribution < -0.4 is 10.1 Å². The van der Waals surface area contributed by atoms with E-state index in [0.717, 1.165) is 16.3 Å². The molecule has 3 aromatic rings. The Balaban J connectivity index is 1.72. The molecule has 0 aliphatic rings. The van der Waals surface area contributed by atoms with Crippen LogP contribution in [-0.2, 0) is 9.59 Å². The molecule has 1 heterocycles. The van der Waals surface area contributed by atoms with Crippen molar-refractivity contribution in [1.29, 1.82) is 0 Å². The topological polar surface area (TPSA) is 88.5 Å². The van der Waals surface area contributed by atoms with Crippen LogP contribution in [-0.4, -0.2) is 28.4 Å². The molecule has 0 aliphatic heterocycles. The first-order valence-corrected chi connectivity index (χ1v) is 9.14. The summed E-state index contributed by atoms with van der Waals surface area (Å²) in [5.41, 5.74) is 2.19. The highest BCUT2D eigenvalue weighted by Gasteiger charge is 2.15. The number of hydrogen-bond donors (Lipinski definition) is 2. The second-order valence-corrected chi connectivity index (χ2v) is 6.83. The molecule has 1 amide bonds. The van der Waals surface area contributed by atoms with Crippen LogP contribution in [0.2, 0.25) is 0 Å². The van der Waals surface area contributed by atoms with E-state index in [1.54, 1.807) is 24.3 Å². The van der Waals surface area contributed by atoms with E-state index in [1.165, 1.54) is 11.3 Å². The third-order valence-corrected chi connectivity index (χ3v) is 4.66. The van der Waals surface area contributed by atoms with Crippen molar-refractivity contribution < 1.29 is 19.4 Å². The highest BCUT2D eigenvalue weighted by molar-refractivity contribution is 7.22. The number of ether oxygens (including phenoxy) is 1. The van der Waals surface area contributed by atoms with Gasteiger partial charge in [0.1, 0.15) is 11.5 Å². The second-order valence-electron chi connectivity index (χ2n) is 5.80. The van der Waals surface area contributed by atoms with Gasteiger partial charge in [0.2, 0.25) is 5.78 Å². The molecule has 0 bridgehead atoms. The number of carbonyl (C=O) groups excluding carboxylic acids is 2. The summed E-state index contributed by atoms with van der Waals surface area (Å²) in [6, 6.07) is 12.4. The van der Waals surface area contributed by atoms with E-state index in [4.69, 9.17) is 4.74 Å². The van der Waals surface area contributed by atoms with Crippen LogP contribution in [0.15, 0.2) is 48.5 Å². The summed E-state index contributed by atoms with van der Waals surface area (Å²) in [5.74, 6) is -1.27. The number of thiazole rings is 1. The van der Waals surface area contributed by atoms with Gasteiger partial charge < -0.3 is 9.84 Å². The second kappa shape index (κ2) is 8.01. The SMILES string of the molecule is CCOc1ccc2nc(NC(=O)C(=O)/C=C(\O)c3ccc(C)cc3)sc2c1. The van der Waals surface area contributed by atoms with E-state index in [2.05, 4.69) is 10.3 Å². The zero-order valence-corrected chi connectivity index (χ0v) is 15.7. The average Bonchev–Trinajstić information content (AvgIpc) is 3.03. The lowest BCUT2D eigenvalue weighted by molar-refractivity contribution is -0.131. The number of hydrogen-bond acceptors (Lipinski definition) is 6. The minimum Gasteiger partial charge on any atom is -0.507 e. The molecular formula is C20H18N2O4S. The Labute approximate surface area is 160 Å². The molecule has 0 radical (unpaired) electrons. The molecular weight excluding hydrogens is 364 g/mol. The van der Waals surface area contributed by atoms with Gasteiger partial charge in [0.15, 0.2) is 5.13 Å². The van der Waals surface area contributed by atoms with Crippen molar-refractivity contribution in [1.82, 2.24) is 4.98 Å². The van der Waals surface area contributed by atoms with Crippen molar-refractivity contribution >= 4 is 44.1 Å². The number of aromatic nitrogens is 1. The molecule has 2 N–H and O–H groups in total. The maximum atomic E-state index is 12.1. The minimum atomic E-state index is -0.863. The van der Waals surface area contributed by atoms with Crippen molar-refractivity contribution in [2.24, 2.45) is 0 Å². The van der Waals surface area contributed by atoms with Gasteiger partial charge in [0.05, 0.1) is 16.8 Å². The smallest absolute Gasteiger partial charge is 0.298 e. The molecule has 0 saturated heterocycles. The van der Waals surface area contributed by atoms with Crippen LogP contribution in [0.1, 0.15) is 18.1 Å². The van der Waals surface area contributed by atoms with Crippen LogP contribution >= 0.6 is 11.3 Å². The van der Waals surface area contributed by atoms with Crippen molar-refractivity contribution in [2.45, 2.75) is 13.8 Å². The highest BCUT2D eigenvalue weighted by Crippen LogP contribution is 2.29. The molecule has 0 spiro atoms. The maximum absolute atomic E-state index is 12.1. The zero-order chi connectivity index (χ0) is 19.4. The van der Waals surface area contributed by atoms with Crippen molar-refractivity contribution in [3.8, 4) is 5.75 Å². The summed E-state index contributed by atoms with van der Waals surface area (Å²) in [6.45, 7) is 4.37. The first kappa shape index (κ1) is 18.6. The van der Waals surface area contributed by atoms with E-state index in [-0.39, 0.29) is 5.76 Å². The average molecular weight is 382 g/mol. The maximum Gasteiger partial charge on any atom is 0.298 e. The molecule has 0 aliphatic carbocycles. The lowest BCUT2D eigenvalue weighted by Gasteiger charge is -2.01. The molecule has 0 saturated carbocycles. The number of rotatable bonds is 6. The molecule has 138 valence electrons. The van der Waals surface area contributed by atoms with Crippen molar-refractivity contribution in [3.63, 3.8) is 0 Å². The minimum absolute atomic E-state index is 0.263. The van der Waals surface area contributed by atoms with Gasteiger partial charge in [-0.1, -0.05) is 41.2 Å². The summed E-state index contributed by atoms with van der Waals surface area (Å²) < 4.78 is 6.27. The number of fused-ring (bicyclic) bond motifs is 1. The van der Waals surface area contributed by atoms with E-state index >= 15 is 0 Å². The molecule has 3 rings (SSSR count). The Morgan fingerprint density at radius 2 is 1.96 bits per heavy atom. The first-order chi connectivity index (χ1) is 13.0. The van der Waals surface area contributed by atoms with Gasteiger partial charge in [-0.15, -0.1) is 0 Å². The van der Waals surface area contributed by atoms with Gasteiger partial charge in [-0.25, -0.2) is 4.98 Å². The fourth-order valence-corrected chi connectivity index (χ4v) is 3.26. The van der Waals surface area contributed by atoms with Crippen molar-refractivity contribution in [3.05, 3.63) is 59.7 Å². The number of amides is 1. The van der Waals surface area contributed by atoms with Gasteiger partial charge in [0, 0.05) is 11.6 Å². The number of aliphatic hydroxyl groups is 1. The number of nitrogens with one attached hydrogen (secondary N) is 1. The van der Waals surface area contributed by atoms with Crippen LogP contribution in [0, 0.1) is 6.92 Å². The third-order valence-electron chi connectivity index (χ3n) is 3.73. The summed E-state index contributed by atoms with van der Waals surface area (Å²) in [6.07, 6.45) is 0.903. The number of ketones is 1. The fourth-order valence-electron chi connectivity index (χ4n) is 2.37. The molecule has 0 unspecified atom stereocenters. The fraction of sp³-hybridized carbons (Fsp3) is 0.150. The van der Waals surface area contributed by atoms with Crippen LogP contribution in [0.4, 0.5) is 5.13 Å². The van der Waals surface area contributed by atoms with E-state index in [9.17, 15) is 14.7 Å². The largest absolute Gasteiger partial charge is 0.507 e. The van der Waals surface area contributed by atoms with Crippen molar-refractivity contribution in [2.75, 3.05) is 11.9 Å². The molecule has 6 nitrogen and oxygen atoms in total. The van der Waals surface area contributed by atoms with Crippen LogP contribution in [0.25, 0.3) is 16.0 Å². The van der Waals surface area contributed by atoms with E-state index < -0.39 is 11.7 Å². The Bertz CT molecular complexity index is 1020. The van der Waals surface area contributed by atoms with Gasteiger partial charge >= 0.3 is 0 Å². The number of aliphatic hydroxyl groups excluding tert-OH is 1. The molecule has 2 aromatic carbocycles. The Kier molecular flexibility index (Phi) is 5.52. The number of aryl methyl sites for hydroxylation is 1. The Morgan fingerprint density at radius 3 is 2.67 bits per heavy atom. The summed E-state index contributed by atoms with van der Waals surface area (Å²) >= 11 is 1.24. The third kappa shape index (κ3) is 4.51. The molecule has 0 fully saturated rings. The number of nitrogens with zero attached hydrogens (tertiary/aromatic N) is 1. The quantitative estimate of drug-likeness (QED) is 0.380. The Hall–Kier alpha value is -3.19. The van der Waals surface area contributed by atoms with E-state index in [1.807, 2.05) is 32.0 Å². The molecule has 27 heavy (non-hydrogen) atoms. The summed E-state index contributed by atoms with van der Waals surface area (Å²) in [5, 5.41) is 12.8. The number of carbonyl (C=O) groups is 2. The lowest BCUT2D eigenvalue weighted by atomic mass is 10.1. The molecule has 0 atom stereocenters. The highest BCUT2D eigenvalue weighted by atomic mass is 32.1. The summed E-state index contributed by atoms with van der Waals surface area (Å²) in [7, 11) is 0. The van der Waals surface area contributed by atoms with Gasteiger partial charge in [-0.2, -0.15) is 0 Å². The monoisotopic (exact) mass is 382 g/mol. The van der Waals surface area contributed by atoms with Gasteiger partial charge in [0.25, 0.3) is 5.91 Å². The number of benzene rings is 2. The van der Waals surface area contributed by atoms with Crippen LogP contribution in [0.5, 0.6) is 5.75 Å². The first-order valence-electron chi connectivity index (χ1n) is 8.32. The van der Waals surface area contributed by atoms with Gasteiger partial charge in [-0.05, 0) is 32.0 Å². The number of anilines is 1. The van der Waals surface area contributed by atoms with E-state index in [0.29, 0.717) is 28.6 Å². The molecule has 7 heteroatoms. The lowest BCUT2D eigenvalue weighted by Crippen LogP contribution is -2.21. The zero-order valence-electron chi connectivity index (χ0n) is 14.9. The summed E-state index contributed by atoms with van der Waals surface area (Å²) in [4.78, 5) is 28.4. The Morgan fingerprint density at radius 1 is 1.22 bits per heavy atom. The molecule has 1 aromatic heterocycles. The van der Waals surface area contributed by atoms with Crippen LogP contribution in [0.3, 0.4) is 0 Å². The normalized spacial score (nSPS) is 11.4. The predicted octanol–water partition coefficient (Wildman–Crippen LogP) is 4.11. The predicted molar refractivity (Wildman–Crippen MR) is 106 cm³/mol. The standard InChI is InChI=1S/C20H18N2O4S/c1-3-26-14-8-9-15-18(10-14)27-20(21-15)22-19(25)17(24)11-16(23)13-6-4-12(2)5-7-13/h4-11,23H,3H2,1-2H3,(H,21,22,25)/b16-11-.